The quantitative estimate of drug-likeness (QED) is 0.758. The summed E-state index contributed by atoms with van der Waals surface area (Å²) < 4.78 is 5.47. The zero-order chi connectivity index (χ0) is 11.4. The molecular weight excluding hydrogens is 206 g/mol. The number of thiazole rings is 1. The summed E-state index contributed by atoms with van der Waals surface area (Å²) in [7, 11) is 1.76. The molecule has 1 aromatic heterocycles. The molecule has 2 nitrogen and oxygen atoms in total. The molecule has 0 spiro atoms. The maximum absolute atomic E-state index is 5.47. The average Bonchev–Trinajstić information content (AvgIpc) is 2.66. The molecule has 0 N–H and O–H groups in total. The summed E-state index contributed by atoms with van der Waals surface area (Å²) >= 11 is 1.72. The summed E-state index contributed by atoms with van der Waals surface area (Å²) in [4.78, 5) is 4.67. The highest BCUT2D eigenvalue weighted by atomic mass is 32.1. The molecule has 0 saturated carbocycles. The van der Waals surface area contributed by atoms with Crippen molar-refractivity contribution >= 4 is 11.3 Å². The smallest absolute Gasteiger partial charge is 0.122 e. The lowest BCUT2D eigenvalue weighted by Gasteiger charge is -2.16. The molecular formula is C12H21NOS. The van der Waals surface area contributed by atoms with E-state index in [9.17, 15) is 0 Å². The number of aromatic nitrogens is 1. The first kappa shape index (κ1) is 12.7. The zero-order valence-corrected chi connectivity index (χ0v) is 11.1. The summed E-state index contributed by atoms with van der Waals surface area (Å²) in [5.74, 6) is 1.03. The maximum atomic E-state index is 5.47. The van der Waals surface area contributed by atoms with Crippen LogP contribution in [-0.4, -0.2) is 12.1 Å². The molecule has 0 fully saturated rings. The third-order valence-corrected chi connectivity index (χ3v) is 3.68. The molecule has 0 saturated heterocycles. The predicted molar refractivity (Wildman–Crippen MR) is 65.4 cm³/mol. The van der Waals surface area contributed by atoms with Crippen molar-refractivity contribution < 1.29 is 4.74 Å². The van der Waals surface area contributed by atoms with E-state index >= 15 is 0 Å². The van der Waals surface area contributed by atoms with E-state index in [1.165, 1.54) is 5.69 Å². The standard InChI is InChI=1S/C12H21NOS/c1-6-9(4)10-7-15-12(13-10)11(14-5)8(2)3/h7-9,11H,6H2,1-5H3. The Kier molecular flexibility index (Phi) is 4.74. The monoisotopic (exact) mass is 227 g/mol. The molecule has 15 heavy (non-hydrogen) atoms. The van der Waals surface area contributed by atoms with Gasteiger partial charge < -0.3 is 4.74 Å². The lowest BCUT2D eigenvalue weighted by atomic mass is 10.1. The van der Waals surface area contributed by atoms with Crippen LogP contribution in [0.2, 0.25) is 0 Å². The van der Waals surface area contributed by atoms with Crippen molar-refractivity contribution in [3.63, 3.8) is 0 Å². The molecule has 0 amide bonds. The topological polar surface area (TPSA) is 22.1 Å². The fourth-order valence-electron chi connectivity index (χ4n) is 1.52. The Balaban J connectivity index is 2.82. The normalized spacial score (nSPS) is 15.6. The van der Waals surface area contributed by atoms with Gasteiger partial charge in [-0.05, 0) is 18.3 Å². The third-order valence-electron chi connectivity index (χ3n) is 2.76. The van der Waals surface area contributed by atoms with Crippen molar-refractivity contribution in [3.05, 3.63) is 16.1 Å². The molecule has 0 aliphatic carbocycles. The summed E-state index contributed by atoms with van der Waals surface area (Å²) in [5.41, 5.74) is 1.21. The molecule has 0 radical (unpaired) electrons. The van der Waals surface area contributed by atoms with Crippen molar-refractivity contribution in [2.24, 2.45) is 5.92 Å². The third kappa shape index (κ3) is 3.02. The van der Waals surface area contributed by atoms with Gasteiger partial charge in [-0.1, -0.05) is 27.7 Å². The molecule has 1 heterocycles. The van der Waals surface area contributed by atoms with E-state index in [2.05, 4.69) is 38.1 Å². The van der Waals surface area contributed by atoms with Gasteiger partial charge in [0, 0.05) is 12.5 Å². The molecule has 86 valence electrons. The van der Waals surface area contributed by atoms with Crippen LogP contribution in [0.5, 0.6) is 0 Å². The number of rotatable bonds is 5. The van der Waals surface area contributed by atoms with Gasteiger partial charge in [0.05, 0.1) is 5.69 Å². The molecule has 0 aromatic carbocycles. The second kappa shape index (κ2) is 5.61. The first-order valence-corrected chi connectivity index (χ1v) is 6.46. The van der Waals surface area contributed by atoms with E-state index in [-0.39, 0.29) is 6.10 Å². The SMILES string of the molecule is CCC(C)c1csc(C(OC)C(C)C)n1. The Morgan fingerprint density at radius 2 is 2.07 bits per heavy atom. The number of nitrogens with zero attached hydrogens (tertiary/aromatic N) is 1. The van der Waals surface area contributed by atoms with Gasteiger partial charge in [0.1, 0.15) is 11.1 Å². The fraction of sp³-hybridized carbons (Fsp3) is 0.750. The number of hydrogen-bond acceptors (Lipinski definition) is 3. The van der Waals surface area contributed by atoms with Gasteiger partial charge in [-0.3, -0.25) is 0 Å². The van der Waals surface area contributed by atoms with Crippen molar-refractivity contribution in [2.75, 3.05) is 7.11 Å². The molecule has 2 atom stereocenters. The van der Waals surface area contributed by atoms with Gasteiger partial charge in [0.15, 0.2) is 0 Å². The van der Waals surface area contributed by atoms with Crippen LogP contribution in [0.3, 0.4) is 0 Å². The minimum Gasteiger partial charge on any atom is -0.374 e. The predicted octanol–water partition coefficient (Wildman–Crippen LogP) is 4.00. The molecule has 1 aromatic rings. The summed E-state index contributed by atoms with van der Waals surface area (Å²) in [5, 5.41) is 3.28. The van der Waals surface area contributed by atoms with E-state index in [0.29, 0.717) is 11.8 Å². The number of methoxy groups -OCH3 is 1. The molecule has 3 heteroatoms. The van der Waals surface area contributed by atoms with Gasteiger partial charge >= 0.3 is 0 Å². The van der Waals surface area contributed by atoms with E-state index in [1.807, 2.05) is 0 Å². The Hall–Kier alpha value is -0.410. The molecule has 0 aliphatic rings. The van der Waals surface area contributed by atoms with Crippen LogP contribution >= 0.6 is 11.3 Å². The van der Waals surface area contributed by atoms with Gasteiger partial charge in [-0.15, -0.1) is 11.3 Å². The second-order valence-electron chi connectivity index (χ2n) is 4.32. The van der Waals surface area contributed by atoms with Gasteiger partial charge in [-0.2, -0.15) is 0 Å². The van der Waals surface area contributed by atoms with E-state index in [1.54, 1.807) is 18.4 Å². The van der Waals surface area contributed by atoms with Crippen LogP contribution in [0.15, 0.2) is 5.38 Å². The Morgan fingerprint density at radius 1 is 1.40 bits per heavy atom. The van der Waals surface area contributed by atoms with Gasteiger partial charge in [-0.25, -0.2) is 4.98 Å². The number of hydrogen-bond donors (Lipinski definition) is 0. The van der Waals surface area contributed by atoms with E-state index in [0.717, 1.165) is 11.4 Å². The zero-order valence-electron chi connectivity index (χ0n) is 10.3. The van der Waals surface area contributed by atoms with Crippen LogP contribution in [0, 0.1) is 5.92 Å². The minimum atomic E-state index is 0.146. The largest absolute Gasteiger partial charge is 0.374 e. The van der Waals surface area contributed by atoms with Crippen molar-refractivity contribution in [1.29, 1.82) is 0 Å². The van der Waals surface area contributed by atoms with Gasteiger partial charge in [0.25, 0.3) is 0 Å². The van der Waals surface area contributed by atoms with Gasteiger partial charge in [0.2, 0.25) is 0 Å². The fourth-order valence-corrected chi connectivity index (χ4v) is 2.71. The van der Waals surface area contributed by atoms with Crippen LogP contribution in [0.25, 0.3) is 0 Å². The lowest BCUT2D eigenvalue weighted by Crippen LogP contribution is -2.08. The van der Waals surface area contributed by atoms with Crippen molar-refractivity contribution in [2.45, 2.75) is 46.1 Å². The highest BCUT2D eigenvalue weighted by Gasteiger charge is 2.19. The summed E-state index contributed by atoms with van der Waals surface area (Å²) in [6.45, 7) is 8.74. The summed E-state index contributed by atoms with van der Waals surface area (Å²) in [6, 6.07) is 0. The summed E-state index contributed by atoms with van der Waals surface area (Å²) in [6.07, 6.45) is 1.29. The highest BCUT2D eigenvalue weighted by molar-refractivity contribution is 7.09. The number of ether oxygens (including phenoxy) is 1. The van der Waals surface area contributed by atoms with Crippen molar-refractivity contribution in [3.8, 4) is 0 Å². The Labute approximate surface area is 96.7 Å². The van der Waals surface area contributed by atoms with E-state index in [4.69, 9.17) is 4.74 Å². The maximum Gasteiger partial charge on any atom is 0.122 e. The van der Waals surface area contributed by atoms with Crippen LogP contribution in [0.1, 0.15) is 56.8 Å². The molecule has 0 aliphatic heterocycles. The average molecular weight is 227 g/mol. The molecule has 2 unspecified atom stereocenters. The lowest BCUT2D eigenvalue weighted by molar-refractivity contribution is 0.0643. The highest BCUT2D eigenvalue weighted by Crippen LogP contribution is 2.30. The van der Waals surface area contributed by atoms with Crippen molar-refractivity contribution in [1.82, 2.24) is 4.98 Å². The Bertz CT molecular complexity index is 296. The second-order valence-corrected chi connectivity index (χ2v) is 5.21. The van der Waals surface area contributed by atoms with Crippen LogP contribution in [0.4, 0.5) is 0 Å². The first-order valence-electron chi connectivity index (χ1n) is 5.58. The van der Waals surface area contributed by atoms with Crippen LogP contribution in [-0.2, 0) is 4.74 Å². The minimum absolute atomic E-state index is 0.146. The molecule has 1 rings (SSSR count). The Morgan fingerprint density at radius 3 is 2.53 bits per heavy atom. The first-order chi connectivity index (χ1) is 7.10. The molecule has 0 bridgehead atoms. The van der Waals surface area contributed by atoms with Crippen LogP contribution < -0.4 is 0 Å². The van der Waals surface area contributed by atoms with E-state index < -0.39 is 0 Å².